The van der Waals surface area contributed by atoms with Gasteiger partial charge in [0.25, 0.3) is 0 Å². The summed E-state index contributed by atoms with van der Waals surface area (Å²) in [5.41, 5.74) is 0.553. The SMILES string of the molecule is CCCC12CC3CC(C1)C(C(=O)O)C(C3)C2. The van der Waals surface area contributed by atoms with E-state index in [1.54, 1.807) is 0 Å². The topological polar surface area (TPSA) is 37.3 Å². The van der Waals surface area contributed by atoms with E-state index in [0.29, 0.717) is 17.3 Å². The molecule has 4 saturated carbocycles. The predicted octanol–water partition coefficient (Wildman–Crippen LogP) is 3.31. The zero-order chi connectivity index (χ0) is 11.3. The summed E-state index contributed by atoms with van der Waals surface area (Å²) in [5, 5.41) is 9.36. The molecule has 4 rings (SSSR count). The highest BCUT2D eigenvalue weighted by Crippen LogP contribution is 2.63. The average Bonchev–Trinajstić information content (AvgIpc) is 2.14. The fourth-order valence-corrected chi connectivity index (χ4v) is 5.43. The van der Waals surface area contributed by atoms with Crippen molar-refractivity contribution in [3.05, 3.63) is 0 Å². The number of carbonyl (C=O) groups is 1. The molecule has 0 spiro atoms. The molecule has 2 heteroatoms. The van der Waals surface area contributed by atoms with Gasteiger partial charge in [0.1, 0.15) is 0 Å². The van der Waals surface area contributed by atoms with Crippen molar-refractivity contribution in [1.82, 2.24) is 0 Å². The average molecular weight is 222 g/mol. The Labute approximate surface area is 97.4 Å². The Kier molecular flexibility index (Phi) is 2.31. The molecule has 0 heterocycles. The van der Waals surface area contributed by atoms with E-state index in [2.05, 4.69) is 6.92 Å². The lowest BCUT2D eigenvalue weighted by molar-refractivity contribution is -0.163. The standard InChI is InChI=1S/C14H22O2/c1-2-3-14-6-9-4-10(7-14)12(13(15)16)11(5-9)8-14/h9-12H,2-8H2,1H3,(H,15,16). The van der Waals surface area contributed by atoms with Gasteiger partial charge in [0.2, 0.25) is 0 Å². The molecule has 0 amide bonds. The van der Waals surface area contributed by atoms with Crippen LogP contribution in [0.4, 0.5) is 0 Å². The maximum absolute atomic E-state index is 11.4. The van der Waals surface area contributed by atoms with Crippen LogP contribution in [-0.4, -0.2) is 11.1 Å². The van der Waals surface area contributed by atoms with E-state index in [1.807, 2.05) is 0 Å². The summed E-state index contributed by atoms with van der Waals surface area (Å²) < 4.78 is 0. The van der Waals surface area contributed by atoms with E-state index in [0.717, 1.165) is 5.92 Å². The highest BCUT2D eigenvalue weighted by Gasteiger charge is 2.56. The zero-order valence-corrected chi connectivity index (χ0v) is 10.1. The highest BCUT2D eigenvalue weighted by atomic mass is 16.4. The van der Waals surface area contributed by atoms with Gasteiger partial charge in [-0.2, -0.15) is 0 Å². The summed E-state index contributed by atoms with van der Waals surface area (Å²) in [4.78, 5) is 11.4. The first-order valence-electron chi connectivity index (χ1n) is 6.86. The second-order valence-corrected chi connectivity index (χ2v) is 6.58. The van der Waals surface area contributed by atoms with Gasteiger partial charge in [0.05, 0.1) is 5.92 Å². The second kappa shape index (κ2) is 3.48. The summed E-state index contributed by atoms with van der Waals surface area (Å²) in [6.45, 7) is 2.27. The molecule has 2 nitrogen and oxygen atoms in total. The van der Waals surface area contributed by atoms with Crippen LogP contribution in [-0.2, 0) is 4.79 Å². The molecule has 4 aliphatic rings. The van der Waals surface area contributed by atoms with Gasteiger partial charge >= 0.3 is 5.97 Å². The maximum Gasteiger partial charge on any atom is 0.307 e. The van der Waals surface area contributed by atoms with E-state index in [-0.39, 0.29) is 5.92 Å². The van der Waals surface area contributed by atoms with Crippen molar-refractivity contribution in [3.8, 4) is 0 Å². The van der Waals surface area contributed by atoms with Crippen molar-refractivity contribution in [3.63, 3.8) is 0 Å². The molecule has 0 radical (unpaired) electrons. The Morgan fingerprint density at radius 3 is 2.38 bits per heavy atom. The predicted molar refractivity (Wildman–Crippen MR) is 62.0 cm³/mol. The van der Waals surface area contributed by atoms with Gasteiger partial charge in [-0.05, 0) is 61.7 Å². The third-order valence-corrected chi connectivity index (χ3v) is 5.47. The molecule has 16 heavy (non-hydrogen) atoms. The van der Waals surface area contributed by atoms with Crippen LogP contribution >= 0.6 is 0 Å². The van der Waals surface area contributed by atoms with Crippen LogP contribution in [0.2, 0.25) is 0 Å². The van der Waals surface area contributed by atoms with Crippen LogP contribution in [0.15, 0.2) is 0 Å². The Hall–Kier alpha value is -0.530. The largest absolute Gasteiger partial charge is 0.481 e. The first-order valence-corrected chi connectivity index (χ1v) is 6.86. The van der Waals surface area contributed by atoms with Crippen LogP contribution in [0.1, 0.15) is 51.9 Å². The Morgan fingerprint density at radius 1 is 1.25 bits per heavy atom. The molecule has 1 N–H and O–H groups in total. The molecule has 2 atom stereocenters. The zero-order valence-electron chi connectivity index (χ0n) is 10.1. The van der Waals surface area contributed by atoms with E-state index in [4.69, 9.17) is 0 Å². The summed E-state index contributed by atoms with van der Waals surface area (Å²) in [6, 6.07) is 0. The van der Waals surface area contributed by atoms with Gasteiger partial charge in [-0.25, -0.2) is 0 Å². The number of carboxylic acid groups (broad SMARTS) is 1. The monoisotopic (exact) mass is 222 g/mol. The lowest BCUT2D eigenvalue weighted by Gasteiger charge is -2.59. The Morgan fingerprint density at radius 2 is 1.88 bits per heavy atom. The van der Waals surface area contributed by atoms with Crippen molar-refractivity contribution in [1.29, 1.82) is 0 Å². The number of hydrogen-bond acceptors (Lipinski definition) is 1. The molecule has 4 fully saturated rings. The second-order valence-electron chi connectivity index (χ2n) is 6.58. The maximum atomic E-state index is 11.4. The van der Waals surface area contributed by atoms with Gasteiger partial charge in [-0.15, -0.1) is 0 Å². The minimum absolute atomic E-state index is 0.00142. The molecule has 2 unspecified atom stereocenters. The van der Waals surface area contributed by atoms with Gasteiger partial charge in [0, 0.05) is 0 Å². The molecular formula is C14H22O2. The first-order chi connectivity index (χ1) is 7.63. The van der Waals surface area contributed by atoms with Crippen LogP contribution in [0.5, 0.6) is 0 Å². The van der Waals surface area contributed by atoms with Crippen LogP contribution in [0.25, 0.3) is 0 Å². The lowest BCUT2D eigenvalue weighted by atomic mass is 9.45. The van der Waals surface area contributed by atoms with Crippen LogP contribution in [0.3, 0.4) is 0 Å². The minimum atomic E-state index is -0.513. The van der Waals surface area contributed by atoms with E-state index >= 15 is 0 Å². The summed E-state index contributed by atoms with van der Waals surface area (Å²) in [5.74, 6) is 1.37. The minimum Gasteiger partial charge on any atom is -0.481 e. The molecule has 90 valence electrons. The van der Waals surface area contributed by atoms with Crippen molar-refractivity contribution >= 4 is 5.97 Å². The van der Waals surface area contributed by atoms with E-state index in [1.165, 1.54) is 44.9 Å². The van der Waals surface area contributed by atoms with Crippen LogP contribution < -0.4 is 0 Å². The van der Waals surface area contributed by atoms with Crippen LogP contribution in [0, 0.1) is 29.1 Å². The lowest BCUT2D eigenvalue weighted by Crippen LogP contribution is -2.53. The van der Waals surface area contributed by atoms with Crippen molar-refractivity contribution < 1.29 is 9.90 Å². The number of rotatable bonds is 3. The summed E-state index contributed by atoms with van der Waals surface area (Å²) >= 11 is 0. The molecule has 0 aromatic heterocycles. The number of hydrogen-bond donors (Lipinski definition) is 1. The fourth-order valence-electron chi connectivity index (χ4n) is 5.43. The molecule has 4 aliphatic carbocycles. The highest BCUT2D eigenvalue weighted by molar-refractivity contribution is 5.71. The first kappa shape index (κ1) is 10.6. The third kappa shape index (κ3) is 1.42. The third-order valence-electron chi connectivity index (χ3n) is 5.47. The summed E-state index contributed by atoms with van der Waals surface area (Å²) in [6.07, 6.45) is 8.85. The fraction of sp³-hybridized carbons (Fsp3) is 0.929. The molecule has 0 saturated heterocycles. The van der Waals surface area contributed by atoms with Crippen molar-refractivity contribution in [2.45, 2.75) is 51.9 Å². The molecule has 0 aromatic rings. The Bertz CT molecular complexity index is 294. The van der Waals surface area contributed by atoms with Crippen molar-refractivity contribution in [2.24, 2.45) is 29.1 Å². The van der Waals surface area contributed by atoms with E-state index in [9.17, 15) is 9.90 Å². The van der Waals surface area contributed by atoms with Gasteiger partial charge in [-0.1, -0.05) is 13.3 Å². The summed E-state index contributed by atoms with van der Waals surface area (Å²) in [7, 11) is 0. The van der Waals surface area contributed by atoms with Gasteiger partial charge in [-0.3, -0.25) is 4.79 Å². The number of carboxylic acids is 1. The van der Waals surface area contributed by atoms with E-state index < -0.39 is 5.97 Å². The van der Waals surface area contributed by atoms with Crippen molar-refractivity contribution in [2.75, 3.05) is 0 Å². The quantitative estimate of drug-likeness (QED) is 0.795. The smallest absolute Gasteiger partial charge is 0.307 e. The molecule has 0 aromatic carbocycles. The molecular weight excluding hydrogens is 200 g/mol. The van der Waals surface area contributed by atoms with Gasteiger partial charge < -0.3 is 5.11 Å². The number of aliphatic carboxylic acids is 1. The Balaban J connectivity index is 1.86. The molecule has 0 aliphatic heterocycles. The normalized spacial score (nSPS) is 49.6. The molecule has 4 bridgehead atoms. The van der Waals surface area contributed by atoms with Gasteiger partial charge in [0.15, 0.2) is 0 Å².